The fourth-order valence-electron chi connectivity index (χ4n) is 12.9. The Hall–Kier alpha value is -1.72. The van der Waals surface area contributed by atoms with Gasteiger partial charge >= 0.3 is 5.97 Å². The first-order valence-corrected chi connectivity index (χ1v) is 17.3. The third-order valence-corrected chi connectivity index (χ3v) is 15.3. The fraction of sp³-hybridized carbons (Fsp3) is 0.789. The molecule has 1 aromatic heterocycles. The van der Waals surface area contributed by atoms with E-state index < -0.39 is 0 Å². The van der Waals surface area contributed by atoms with Crippen molar-refractivity contribution >= 4 is 5.97 Å². The first-order chi connectivity index (χ1) is 20.3. The van der Waals surface area contributed by atoms with Gasteiger partial charge in [-0.1, -0.05) is 52.8 Å². The zero-order valence-electron chi connectivity index (χ0n) is 27.8. The van der Waals surface area contributed by atoms with E-state index in [4.69, 9.17) is 4.74 Å². The monoisotopic (exact) mass is 592 g/mol. The van der Waals surface area contributed by atoms with Gasteiger partial charge in [0.1, 0.15) is 12.7 Å². The van der Waals surface area contributed by atoms with Gasteiger partial charge in [-0.05, 0) is 122 Å². The van der Waals surface area contributed by atoms with Crippen LogP contribution in [0.5, 0.6) is 0 Å². The van der Waals surface area contributed by atoms with Crippen LogP contribution in [-0.4, -0.2) is 28.9 Å². The molecule has 5 aliphatic rings. The molecular formula is C38H58NO4+. The molecule has 5 saturated carbocycles. The van der Waals surface area contributed by atoms with Gasteiger partial charge in [0.25, 0.3) is 0 Å². The molecule has 1 heterocycles. The van der Waals surface area contributed by atoms with Gasteiger partial charge in [0.15, 0.2) is 6.20 Å². The Morgan fingerprint density at radius 2 is 1.70 bits per heavy atom. The summed E-state index contributed by atoms with van der Waals surface area (Å²) in [5.74, 6) is 2.74. The Labute approximate surface area is 260 Å². The van der Waals surface area contributed by atoms with Crippen LogP contribution in [-0.2, 0) is 22.7 Å². The van der Waals surface area contributed by atoms with Crippen molar-refractivity contribution in [2.45, 2.75) is 125 Å². The molecular weight excluding hydrogens is 534 g/mol. The summed E-state index contributed by atoms with van der Waals surface area (Å²) in [5.41, 5.74) is 2.82. The first kappa shape index (κ1) is 31.3. The first-order valence-electron chi connectivity index (χ1n) is 17.3. The Bertz CT molecular complexity index is 1260. The third kappa shape index (κ3) is 4.44. The standard InChI is InChI=1S/C38H58NO4/c1-25(2)27-13-18-38(24-41)20-19-36(6)28(33(27)38)11-12-30-35(5)16-15-31(34(3,4)29(35)14-17-37(30,36)7)43-32(42)22-39-21-9-8-10-26(39)23-40/h8-10,21,27-31,33,40-41H,1,11-20,22-24H2,2-7H3/q+1/t27?,28?,29?,30?,31?,33?,35-,36+,37+,38?/m0/s1. The van der Waals surface area contributed by atoms with Gasteiger partial charge in [-0.3, -0.25) is 0 Å². The molecule has 0 amide bonds. The lowest BCUT2D eigenvalue weighted by Crippen LogP contribution is -2.67. The molecule has 5 nitrogen and oxygen atoms in total. The molecule has 43 heavy (non-hydrogen) atoms. The Morgan fingerprint density at radius 1 is 0.930 bits per heavy atom. The van der Waals surface area contributed by atoms with E-state index >= 15 is 0 Å². The topological polar surface area (TPSA) is 70.6 Å². The number of nitrogens with zero attached hydrogens (tertiary/aromatic N) is 1. The Morgan fingerprint density at radius 3 is 2.40 bits per heavy atom. The molecule has 0 spiro atoms. The number of hydrogen-bond acceptors (Lipinski definition) is 4. The van der Waals surface area contributed by atoms with Crippen LogP contribution in [0.2, 0.25) is 0 Å². The predicted octanol–water partition coefficient (Wildman–Crippen LogP) is 7.03. The third-order valence-electron chi connectivity index (χ3n) is 15.3. The van der Waals surface area contributed by atoms with Crippen LogP contribution in [0.25, 0.3) is 0 Å². The highest BCUT2D eigenvalue weighted by Crippen LogP contribution is 2.77. The van der Waals surface area contributed by atoms with Crippen LogP contribution in [0, 0.1) is 56.7 Å². The highest BCUT2D eigenvalue weighted by Gasteiger charge is 2.71. The summed E-state index contributed by atoms with van der Waals surface area (Å²) in [6.45, 7) is 19.7. The molecule has 1 aromatic rings. The van der Waals surface area contributed by atoms with E-state index in [0.717, 1.165) is 31.4 Å². The van der Waals surface area contributed by atoms with Gasteiger partial charge in [-0.2, -0.15) is 4.57 Å². The minimum absolute atomic E-state index is 0.0917. The van der Waals surface area contributed by atoms with E-state index in [1.165, 1.54) is 44.1 Å². The summed E-state index contributed by atoms with van der Waals surface area (Å²) in [5, 5.41) is 20.5. The van der Waals surface area contributed by atoms with Gasteiger partial charge < -0.3 is 14.9 Å². The number of allylic oxidation sites excluding steroid dienone is 1. The van der Waals surface area contributed by atoms with E-state index in [1.807, 2.05) is 24.4 Å². The Kier molecular flexibility index (Phi) is 7.77. The second-order valence-electron chi connectivity index (χ2n) is 17.0. The van der Waals surface area contributed by atoms with Gasteiger partial charge in [-0.25, -0.2) is 4.79 Å². The maximum atomic E-state index is 13.2. The molecule has 5 fully saturated rings. The second-order valence-corrected chi connectivity index (χ2v) is 17.0. The summed E-state index contributed by atoms with van der Waals surface area (Å²) < 4.78 is 8.10. The van der Waals surface area contributed by atoms with Crippen molar-refractivity contribution in [3.05, 3.63) is 42.2 Å². The zero-order valence-corrected chi connectivity index (χ0v) is 27.8. The number of hydrogen-bond donors (Lipinski definition) is 2. The number of aliphatic hydroxyl groups excluding tert-OH is 2. The van der Waals surface area contributed by atoms with Crippen molar-refractivity contribution in [2.24, 2.45) is 56.7 Å². The number of carbonyl (C=O) groups excluding carboxylic acids is 1. The lowest BCUT2D eigenvalue weighted by Gasteiger charge is -2.73. The SMILES string of the molecule is C=C(C)C1CCC2(CO)CC[C@]3(C)C(CCC4[C@@]5(C)CCC(OC(=O)C[n+]6ccccc6CO)C(C)(C)C5CC[C@]43C)C12. The maximum Gasteiger partial charge on any atom is 0.372 e. The smallest absolute Gasteiger partial charge is 0.372 e. The minimum atomic E-state index is -0.209. The number of esters is 1. The van der Waals surface area contributed by atoms with Crippen LogP contribution >= 0.6 is 0 Å². The van der Waals surface area contributed by atoms with Crippen molar-refractivity contribution in [1.82, 2.24) is 0 Å². The molecule has 6 rings (SSSR count). The van der Waals surface area contributed by atoms with Crippen molar-refractivity contribution in [3.63, 3.8) is 0 Å². The van der Waals surface area contributed by atoms with E-state index in [2.05, 4.69) is 48.1 Å². The van der Waals surface area contributed by atoms with E-state index in [-0.39, 0.29) is 52.3 Å². The zero-order chi connectivity index (χ0) is 31.0. The summed E-state index contributed by atoms with van der Waals surface area (Å²) in [6.07, 6.45) is 13.5. The molecule has 10 atom stereocenters. The number of aliphatic hydroxyl groups is 2. The van der Waals surface area contributed by atoms with Crippen LogP contribution < -0.4 is 4.57 Å². The molecule has 0 radical (unpaired) electrons. The number of fused-ring (bicyclic) bond motifs is 7. The average molecular weight is 593 g/mol. The molecule has 5 aliphatic carbocycles. The molecule has 0 saturated heterocycles. The minimum Gasteiger partial charge on any atom is -0.457 e. The van der Waals surface area contributed by atoms with Crippen molar-refractivity contribution < 1.29 is 24.3 Å². The largest absolute Gasteiger partial charge is 0.457 e. The van der Waals surface area contributed by atoms with Crippen LogP contribution in [0.4, 0.5) is 0 Å². The predicted molar refractivity (Wildman–Crippen MR) is 168 cm³/mol. The molecule has 0 aliphatic heterocycles. The van der Waals surface area contributed by atoms with Crippen molar-refractivity contribution in [3.8, 4) is 0 Å². The molecule has 7 unspecified atom stereocenters. The summed E-state index contributed by atoms with van der Waals surface area (Å²) >= 11 is 0. The van der Waals surface area contributed by atoms with Gasteiger partial charge in [0.2, 0.25) is 12.2 Å². The highest BCUT2D eigenvalue weighted by atomic mass is 16.5. The lowest BCUT2D eigenvalue weighted by atomic mass is 9.32. The Balaban J connectivity index is 1.24. The summed E-state index contributed by atoms with van der Waals surface area (Å²) in [7, 11) is 0. The van der Waals surface area contributed by atoms with Crippen molar-refractivity contribution in [2.75, 3.05) is 6.61 Å². The molecule has 238 valence electrons. The van der Waals surface area contributed by atoms with E-state index in [9.17, 15) is 15.0 Å². The number of rotatable bonds is 6. The molecule has 0 aromatic carbocycles. The highest BCUT2D eigenvalue weighted by molar-refractivity contribution is 5.68. The van der Waals surface area contributed by atoms with E-state index in [0.29, 0.717) is 36.2 Å². The van der Waals surface area contributed by atoms with Gasteiger partial charge in [-0.15, -0.1) is 0 Å². The number of pyridine rings is 1. The summed E-state index contributed by atoms with van der Waals surface area (Å²) in [4.78, 5) is 13.2. The van der Waals surface area contributed by atoms with Crippen molar-refractivity contribution in [1.29, 1.82) is 0 Å². The van der Waals surface area contributed by atoms with Gasteiger partial charge in [0.05, 0.1) is 0 Å². The maximum absolute atomic E-state index is 13.2. The normalized spacial score (nSPS) is 44.8. The van der Waals surface area contributed by atoms with Crippen LogP contribution in [0.1, 0.15) is 111 Å². The lowest BCUT2D eigenvalue weighted by molar-refractivity contribution is -0.695. The quantitative estimate of drug-likeness (QED) is 0.211. The average Bonchev–Trinajstić information content (AvgIpc) is 3.36. The molecule has 2 N–H and O–H groups in total. The molecule has 5 heteroatoms. The van der Waals surface area contributed by atoms with Crippen LogP contribution in [0.15, 0.2) is 36.5 Å². The van der Waals surface area contributed by atoms with Gasteiger partial charge in [0, 0.05) is 24.2 Å². The van der Waals surface area contributed by atoms with Crippen LogP contribution in [0.3, 0.4) is 0 Å². The second kappa shape index (κ2) is 10.7. The van der Waals surface area contributed by atoms with E-state index in [1.54, 1.807) is 4.57 Å². The number of ether oxygens (including phenoxy) is 1. The number of carbonyl (C=O) groups is 1. The summed E-state index contributed by atoms with van der Waals surface area (Å²) in [6, 6.07) is 5.61. The molecule has 0 bridgehead atoms. The fourth-order valence-corrected chi connectivity index (χ4v) is 12.9. The number of aromatic nitrogens is 1.